The Morgan fingerprint density at radius 3 is 2.41 bits per heavy atom. The van der Waals surface area contributed by atoms with Crippen LogP contribution in [0.3, 0.4) is 0 Å². The van der Waals surface area contributed by atoms with Crippen molar-refractivity contribution in [2.75, 3.05) is 20.3 Å². The van der Waals surface area contributed by atoms with Crippen LogP contribution in [-0.2, 0) is 30.3 Å². The molecule has 0 saturated carbocycles. The second-order valence-corrected chi connectivity index (χ2v) is 11.7. The molecule has 2 aromatic rings. The van der Waals surface area contributed by atoms with E-state index in [1.54, 1.807) is 42.7 Å². The largest absolute Gasteiger partial charge is 0.481 e. The molecule has 0 radical (unpaired) electrons. The summed E-state index contributed by atoms with van der Waals surface area (Å²) in [5.41, 5.74) is 0.125. The van der Waals surface area contributed by atoms with Crippen molar-refractivity contribution in [1.29, 1.82) is 0 Å². The normalized spacial score (nSPS) is 16.2. The Bertz CT molecular complexity index is 1190. The van der Waals surface area contributed by atoms with Crippen LogP contribution in [0.1, 0.15) is 74.4 Å². The lowest BCUT2D eigenvalue weighted by atomic mass is 9.95. The van der Waals surface area contributed by atoms with Gasteiger partial charge < -0.3 is 24.8 Å². The number of aromatic nitrogens is 3. The Morgan fingerprint density at radius 1 is 1.17 bits per heavy atom. The van der Waals surface area contributed by atoms with Gasteiger partial charge in [-0.15, -0.1) is 11.3 Å². The van der Waals surface area contributed by atoms with Crippen LogP contribution in [0.15, 0.2) is 23.8 Å². The van der Waals surface area contributed by atoms with Crippen molar-refractivity contribution in [3.8, 4) is 0 Å². The van der Waals surface area contributed by atoms with Crippen LogP contribution in [0.4, 0.5) is 0 Å². The van der Waals surface area contributed by atoms with Crippen LogP contribution in [-0.4, -0.2) is 81.1 Å². The third kappa shape index (κ3) is 9.56. The number of nitrogens with one attached hydrogen (secondary N) is 1. The first-order chi connectivity index (χ1) is 19.4. The van der Waals surface area contributed by atoms with Gasteiger partial charge >= 0.3 is 11.9 Å². The Labute approximate surface area is 243 Å². The average molecular weight is 590 g/mol. The summed E-state index contributed by atoms with van der Waals surface area (Å²) in [5, 5.41) is 14.3. The summed E-state index contributed by atoms with van der Waals surface area (Å²) < 4.78 is 10.8. The highest BCUT2D eigenvalue weighted by Crippen LogP contribution is 2.31. The number of aliphatic carboxylic acids is 1. The van der Waals surface area contributed by atoms with Gasteiger partial charge in [0, 0.05) is 69.0 Å². The zero-order chi connectivity index (χ0) is 30.1. The highest BCUT2D eigenvalue weighted by Gasteiger charge is 2.32. The zero-order valence-corrected chi connectivity index (χ0v) is 24.9. The number of carboxylic acid groups (broad SMARTS) is 1. The summed E-state index contributed by atoms with van der Waals surface area (Å²) in [7, 11) is 1.76. The van der Waals surface area contributed by atoms with E-state index in [0.717, 1.165) is 0 Å². The number of carbonyl (C=O) groups excluding carboxylic acids is 3. The number of hydrogen-bond donors (Lipinski definition) is 2. The lowest BCUT2D eigenvalue weighted by molar-refractivity contribution is -0.149. The van der Waals surface area contributed by atoms with Crippen LogP contribution in [0.25, 0.3) is 0 Å². The number of hydrogen-bond acceptors (Lipinski definition) is 10. The minimum atomic E-state index is -0.970. The highest BCUT2D eigenvalue weighted by atomic mass is 32.1. The van der Waals surface area contributed by atoms with Crippen LogP contribution in [0.2, 0.25) is 0 Å². The molecular weight excluding hydrogens is 550 g/mol. The van der Waals surface area contributed by atoms with E-state index in [0.29, 0.717) is 36.9 Å². The molecule has 1 aliphatic heterocycles. The second kappa shape index (κ2) is 15.0. The Morgan fingerprint density at radius 2 is 1.85 bits per heavy atom. The molecule has 0 spiro atoms. The zero-order valence-electron chi connectivity index (χ0n) is 24.1. The van der Waals surface area contributed by atoms with E-state index in [9.17, 15) is 24.3 Å². The molecule has 3 heterocycles. The van der Waals surface area contributed by atoms with E-state index in [2.05, 4.69) is 20.3 Å². The van der Waals surface area contributed by atoms with E-state index in [1.807, 2.05) is 13.8 Å². The molecule has 13 heteroatoms. The third-order valence-corrected chi connectivity index (χ3v) is 8.00. The van der Waals surface area contributed by atoms with Crippen molar-refractivity contribution in [2.24, 2.45) is 17.8 Å². The SMILES string of the molecule is CC(=O)OC(CC(C(C)C)N(C)C(=O)CC1COC1)c1nc(C(=O)NC(Cc2ncccn2)CC(C)C(=O)O)cs1. The van der Waals surface area contributed by atoms with Crippen molar-refractivity contribution in [2.45, 2.75) is 71.6 Å². The number of amides is 2. The van der Waals surface area contributed by atoms with Crippen LogP contribution in [0.5, 0.6) is 0 Å². The minimum absolute atomic E-state index is 0.00167. The summed E-state index contributed by atoms with van der Waals surface area (Å²) in [4.78, 5) is 64.2. The van der Waals surface area contributed by atoms with E-state index in [1.165, 1.54) is 18.3 Å². The quantitative estimate of drug-likeness (QED) is 0.296. The molecule has 1 saturated heterocycles. The summed E-state index contributed by atoms with van der Waals surface area (Å²) in [6, 6.07) is 0.895. The molecule has 4 unspecified atom stereocenters. The molecule has 1 aliphatic rings. The molecule has 2 amide bonds. The minimum Gasteiger partial charge on any atom is -0.481 e. The molecule has 224 valence electrons. The standard InChI is InChI=1S/C28H39N5O7S/c1-16(2)22(33(5)25(35)10-19-13-39-14-19)12-23(40-18(4)34)27-32-21(15-41-27)26(36)31-20(9-17(3)28(37)38)11-24-29-7-6-8-30-24/h6-8,15-17,19-20,22-23H,9-14H2,1-5H3,(H,31,36)(H,37,38). The van der Waals surface area contributed by atoms with E-state index in [4.69, 9.17) is 9.47 Å². The first-order valence-electron chi connectivity index (χ1n) is 13.7. The average Bonchev–Trinajstić information content (AvgIpc) is 3.38. The molecule has 1 fully saturated rings. The summed E-state index contributed by atoms with van der Waals surface area (Å²) in [6.07, 6.45) is 3.56. The molecule has 2 N–H and O–H groups in total. The fourth-order valence-corrected chi connectivity index (χ4v) is 5.49. The number of nitrogens with zero attached hydrogens (tertiary/aromatic N) is 4. The molecule has 41 heavy (non-hydrogen) atoms. The van der Waals surface area contributed by atoms with Gasteiger partial charge in [-0.05, 0) is 18.4 Å². The summed E-state index contributed by atoms with van der Waals surface area (Å²) >= 11 is 1.19. The molecule has 0 aliphatic carbocycles. The topological polar surface area (TPSA) is 161 Å². The fraction of sp³-hybridized carbons (Fsp3) is 0.607. The van der Waals surface area contributed by atoms with Gasteiger partial charge in [-0.25, -0.2) is 15.0 Å². The fourth-order valence-electron chi connectivity index (χ4n) is 4.65. The predicted molar refractivity (Wildman–Crippen MR) is 150 cm³/mol. The van der Waals surface area contributed by atoms with E-state index < -0.39 is 35.9 Å². The molecule has 4 atom stereocenters. The highest BCUT2D eigenvalue weighted by molar-refractivity contribution is 7.09. The Kier molecular flexibility index (Phi) is 11.7. The lowest BCUT2D eigenvalue weighted by Gasteiger charge is -2.35. The lowest BCUT2D eigenvalue weighted by Crippen LogP contribution is -2.44. The third-order valence-electron chi connectivity index (χ3n) is 7.07. The van der Waals surface area contributed by atoms with Crippen molar-refractivity contribution in [3.05, 3.63) is 40.4 Å². The number of thiazole rings is 1. The van der Waals surface area contributed by atoms with Gasteiger partial charge in [-0.2, -0.15) is 0 Å². The summed E-state index contributed by atoms with van der Waals surface area (Å²) in [5.74, 6) is -1.88. The van der Waals surface area contributed by atoms with Gasteiger partial charge in [0.25, 0.3) is 5.91 Å². The monoisotopic (exact) mass is 589 g/mol. The maximum atomic E-state index is 13.2. The predicted octanol–water partition coefficient (Wildman–Crippen LogP) is 2.90. The van der Waals surface area contributed by atoms with Crippen molar-refractivity contribution < 1.29 is 33.8 Å². The van der Waals surface area contributed by atoms with Crippen LogP contribution in [0, 0.1) is 17.8 Å². The number of carboxylic acids is 1. The Hall–Kier alpha value is -3.45. The molecule has 0 bridgehead atoms. The van der Waals surface area contributed by atoms with Gasteiger partial charge in [0.2, 0.25) is 5.91 Å². The number of rotatable bonds is 15. The maximum absolute atomic E-state index is 13.2. The number of esters is 1. The molecule has 2 aromatic heterocycles. The molecular formula is C28H39N5O7S. The maximum Gasteiger partial charge on any atom is 0.306 e. The Balaban J connectivity index is 1.75. The van der Waals surface area contributed by atoms with Crippen molar-refractivity contribution in [3.63, 3.8) is 0 Å². The molecule has 12 nitrogen and oxygen atoms in total. The van der Waals surface area contributed by atoms with Crippen LogP contribution < -0.4 is 5.32 Å². The molecule has 0 aromatic carbocycles. The van der Waals surface area contributed by atoms with Gasteiger partial charge in [0.15, 0.2) is 6.10 Å². The smallest absolute Gasteiger partial charge is 0.306 e. The van der Waals surface area contributed by atoms with Crippen LogP contribution >= 0.6 is 11.3 Å². The summed E-state index contributed by atoms with van der Waals surface area (Å²) in [6.45, 7) is 8.05. The number of ether oxygens (including phenoxy) is 2. The number of carbonyl (C=O) groups is 4. The van der Waals surface area contributed by atoms with Gasteiger partial charge in [-0.1, -0.05) is 20.8 Å². The first kappa shape index (κ1) is 32.1. The van der Waals surface area contributed by atoms with E-state index >= 15 is 0 Å². The first-order valence-corrected chi connectivity index (χ1v) is 14.6. The van der Waals surface area contributed by atoms with Gasteiger partial charge in [0.05, 0.1) is 19.1 Å². The van der Waals surface area contributed by atoms with Crippen molar-refractivity contribution in [1.82, 2.24) is 25.2 Å². The van der Waals surface area contributed by atoms with E-state index in [-0.39, 0.29) is 42.3 Å². The van der Waals surface area contributed by atoms with Gasteiger partial charge in [-0.3, -0.25) is 19.2 Å². The second-order valence-electron chi connectivity index (χ2n) is 10.8. The van der Waals surface area contributed by atoms with Gasteiger partial charge in [0.1, 0.15) is 16.5 Å². The molecule has 3 rings (SSSR count). The van der Waals surface area contributed by atoms with Crippen molar-refractivity contribution >= 4 is 35.1 Å².